The first-order valence-corrected chi connectivity index (χ1v) is 8.86. The fourth-order valence-electron chi connectivity index (χ4n) is 2.85. The zero-order valence-corrected chi connectivity index (χ0v) is 18.6. The molecule has 1 fully saturated rings. The highest BCUT2D eigenvalue weighted by molar-refractivity contribution is 14.0. The molecule has 0 saturated heterocycles. The second kappa shape index (κ2) is 11.1. The fraction of sp³-hybridized carbons (Fsp3) is 0.611. The molecule has 2 rings (SSSR count). The summed E-state index contributed by atoms with van der Waals surface area (Å²) in [6.07, 6.45) is 3.52. The topological polar surface area (TPSA) is 48.9 Å². The van der Waals surface area contributed by atoms with Crippen LogP contribution < -0.4 is 15.4 Å². The van der Waals surface area contributed by atoms with Gasteiger partial charge in [-0.15, -0.1) is 24.0 Å². The van der Waals surface area contributed by atoms with Gasteiger partial charge in [-0.2, -0.15) is 0 Å². The summed E-state index contributed by atoms with van der Waals surface area (Å²) in [5.41, 5.74) is 1.10. The standard InChI is InChI=1S/C18H29ClN4O.HI/c1-20-18(22-12-17(23(2)3)14-5-6-14)21-10-9-13-7-8-15(24-4)11-16(13)19;/h7-8,11,14,17H,5-6,9-10,12H2,1-4H3,(H2,20,21,22);1H. The van der Waals surface area contributed by atoms with E-state index in [-0.39, 0.29) is 24.0 Å². The second-order valence-electron chi connectivity index (χ2n) is 6.46. The Balaban J connectivity index is 0.00000312. The largest absolute Gasteiger partial charge is 0.497 e. The SMILES string of the molecule is CN=C(NCCc1ccc(OC)cc1Cl)NCC(C1CC1)N(C)C.I. The zero-order chi connectivity index (χ0) is 17.5. The predicted octanol–water partition coefficient (Wildman–Crippen LogP) is 3.01. The van der Waals surface area contributed by atoms with Crippen LogP contribution in [0.1, 0.15) is 18.4 Å². The lowest BCUT2D eigenvalue weighted by Crippen LogP contribution is -2.46. The lowest BCUT2D eigenvalue weighted by atomic mass is 10.1. The number of guanidine groups is 1. The highest BCUT2D eigenvalue weighted by Gasteiger charge is 2.32. The van der Waals surface area contributed by atoms with Crippen LogP contribution in [-0.2, 0) is 6.42 Å². The van der Waals surface area contributed by atoms with Crippen molar-refractivity contribution >= 4 is 41.5 Å². The quantitative estimate of drug-likeness (QED) is 0.341. The van der Waals surface area contributed by atoms with E-state index in [1.165, 1.54) is 12.8 Å². The summed E-state index contributed by atoms with van der Waals surface area (Å²) in [5.74, 6) is 2.44. The van der Waals surface area contributed by atoms with Crippen molar-refractivity contribution in [1.29, 1.82) is 0 Å². The molecule has 1 aliphatic rings. The monoisotopic (exact) mass is 480 g/mol. The first kappa shape index (κ1) is 22.3. The normalized spacial score (nSPS) is 15.5. The van der Waals surface area contributed by atoms with Crippen molar-refractivity contribution in [2.24, 2.45) is 10.9 Å². The molecule has 1 aliphatic carbocycles. The number of nitrogens with one attached hydrogen (secondary N) is 2. The van der Waals surface area contributed by atoms with Gasteiger partial charge in [0.2, 0.25) is 0 Å². The van der Waals surface area contributed by atoms with Gasteiger partial charge in [0.15, 0.2) is 5.96 Å². The fourth-order valence-corrected chi connectivity index (χ4v) is 3.11. The molecule has 25 heavy (non-hydrogen) atoms. The van der Waals surface area contributed by atoms with Crippen molar-refractivity contribution in [3.8, 4) is 5.75 Å². The van der Waals surface area contributed by atoms with Gasteiger partial charge in [-0.1, -0.05) is 17.7 Å². The van der Waals surface area contributed by atoms with E-state index in [1.54, 1.807) is 14.2 Å². The van der Waals surface area contributed by atoms with E-state index < -0.39 is 0 Å². The van der Waals surface area contributed by atoms with Crippen LogP contribution in [-0.4, -0.2) is 58.2 Å². The molecular formula is C18H30ClIN4O. The van der Waals surface area contributed by atoms with Crippen LogP contribution in [0.4, 0.5) is 0 Å². The van der Waals surface area contributed by atoms with Crippen LogP contribution in [0.2, 0.25) is 5.02 Å². The van der Waals surface area contributed by atoms with Crippen molar-refractivity contribution in [3.05, 3.63) is 28.8 Å². The number of hydrogen-bond donors (Lipinski definition) is 2. The molecule has 0 spiro atoms. The number of halogens is 2. The highest BCUT2D eigenvalue weighted by Crippen LogP contribution is 2.34. The summed E-state index contributed by atoms with van der Waals surface area (Å²) < 4.78 is 5.17. The van der Waals surface area contributed by atoms with E-state index in [9.17, 15) is 0 Å². The van der Waals surface area contributed by atoms with Gasteiger partial charge >= 0.3 is 0 Å². The van der Waals surface area contributed by atoms with Gasteiger partial charge in [0.25, 0.3) is 0 Å². The number of aliphatic imine (C=N–C) groups is 1. The Hall–Kier alpha value is -0.730. The van der Waals surface area contributed by atoms with Crippen LogP contribution in [0.25, 0.3) is 0 Å². The Labute approximate surface area is 173 Å². The first-order chi connectivity index (χ1) is 11.5. The summed E-state index contributed by atoms with van der Waals surface area (Å²) in [5, 5.41) is 7.53. The molecule has 0 bridgehead atoms. The van der Waals surface area contributed by atoms with E-state index in [1.807, 2.05) is 18.2 Å². The molecule has 1 saturated carbocycles. The Morgan fingerprint density at radius 1 is 1.36 bits per heavy atom. The Morgan fingerprint density at radius 2 is 2.08 bits per heavy atom. The van der Waals surface area contributed by atoms with Gasteiger partial charge in [0.05, 0.1) is 7.11 Å². The van der Waals surface area contributed by atoms with Crippen molar-refractivity contribution < 1.29 is 4.74 Å². The minimum atomic E-state index is 0. The van der Waals surface area contributed by atoms with Gasteiger partial charge < -0.3 is 20.3 Å². The molecule has 1 unspecified atom stereocenters. The number of methoxy groups -OCH3 is 1. The van der Waals surface area contributed by atoms with Crippen LogP contribution in [0, 0.1) is 5.92 Å². The van der Waals surface area contributed by atoms with Gasteiger partial charge in [-0.05, 0) is 57.0 Å². The molecule has 1 aromatic rings. The van der Waals surface area contributed by atoms with E-state index in [2.05, 4.69) is 34.6 Å². The molecule has 7 heteroatoms. The highest BCUT2D eigenvalue weighted by atomic mass is 127. The van der Waals surface area contributed by atoms with Crippen molar-refractivity contribution in [1.82, 2.24) is 15.5 Å². The third-order valence-corrected chi connectivity index (χ3v) is 4.83. The summed E-state index contributed by atoms with van der Waals surface area (Å²) >= 11 is 6.28. The summed E-state index contributed by atoms with van der Waals surface area (Å²) in [4.78, 5) is 6.60. The molecular weight excluding hydrogens is 451 g/mol. The number of ether oxygens (including phenoxy) is 1. The number of likely N-dealkylation sites (N-methyl/N-ethyl adjacent to an activating group) is 1. The van der Waals surface area contributed by atoms with E-state index in [0.717, 1.165) is 47.7 Å². The van der Waals surface area contributed by atoms with Crippen molar-refractivity contribution in [3.63, 3.8) is 0 Å². The summed E-state index contributed by atoms with van der Waals surface area (Å²) in [6, 6.07) is 6.36. The lowest BCUT2D eigenvalue weighted by Gasteiger charge is -2.25. The molecule has 0 aliphatic heterocycles. The van der Waals surface area contributed by atoms with Crippen molar-refractivity contribution in [2.45, 2.75) is 25.3 Å². The van der Waals surface area contributed by atoms with Gasteiger partial charge in [-0.3, -0.25) is 4.99 Å². The van der Waals surface area contributed by atoms with E-state index in [4.69, 9.17) is 16.3 Å². The molecule has 5 nitrogen and oxygen atoms in total. The van der Waals surface area contributed by atoms with Gasteiger partial charge in [0.1, 0.15) is 5.75 Å². The number of rotatable bonds is 8. The Kier molecular flexibility index (Phi) is 9.89. The summed E-state index contributed by atoms with van der Waals surface area (Å²) in [6.45, 7) is 1.70. The smallest absolute Gasteiger partial charge is 0.191 e. The molecule has 1 aromatic carbocycles. The van der Waals surface area contributed by atoms with Crippen LogP contribution >= 0.6 is 35.6 Å². The maximum absolute atomic E-state index is 6.28. The van der Waals surface area contributed by atoms with Gasteiger partial charge in [-0.25, -0.2) is 0 Å². The molecule has 142 valence electrons. The van der Waals surface area contributed by atoms with E-state index in [0.29, 0.717) is 6.04 Å². The predicted molar refractivity (Wildman–Crippen MR) is 117 cm³/mol. The third kappa shape index (κ3) is 7.19. The maximum atomic E-state index is 6.28. The molecule has 0 amide bonds. The molecule has 1 atom stereocenters. The average Bonchev–Trinajstić information content (AvgIpc) is 3.39. The lowest BCUT2D eigenvalue weighted by molar-refractivity contribution is 0.264. The molecule has 2 N–H and O–H groups in total. The van der Waals surface area contributed by atoms with Gasteiger partial charge in [0, 0.05) is 31.2 Å². The average molecular weight is 481 g/mol. The van der Waals surface area contributed by atoms with Crippen LogP contribution in [0.5, 0.6) is 5.75 Å². The maximum Gasteiger partial charge on any atom is 0.191 e. The van der Waals surface area contributed by atoms with Crippen LogP contribution in [0.15, 0.2) is 23.2 Å². The molecule has 0 aromatic heterocycles. The minimum absolute atomic E-state index is 0. The molecule has 0 heterocycles. The Bertz CT molecular complexity index is 562. The first-order valence-electron chi connectivity index (χ1n) is 8.48. The second-order valence-corrected chi connectivity index (χ2v) is 6.86. The minimum Gasteiger partial charge on any atom is -0.497 e. The van der Waals surface area contributed by atoms with Crippen molar-refractivity contribution in [2.75, 3.05) is 41.3 Å². The van der Waals surface area contributed by atoms with E-state index >= 15 is 0 Å². The molecule has 0 radical (unpaired) electrons. The number of nitrogens with zero attached hydrogens (tertiary/aromatic N) is 2. The Morgan fingerprint density at radius 3 is 2.60 bits per heavy atom. The number of hydrogen-bond acceptors (Lipinski definition) is 3. The number of benzene rings is 1. The summed E-state index contributed by atoms with van der Waals surface area (Å²) in [7, 11) is 7.74. The third-order valence-electron chi connectivity index (χ3n) is 4.48. The van der Waals surface area contributed by atoms with Crippen LogP contribution in [0.3, 0.4) is 0 Å². The zero-order valence-electron chi connectivity index (χ0n) is 15.5.